The molecule has 0 saturated heterocycles. The fourth-order valence-corrected chi connectivity index (χ4v) is 1.89. The Bertz CT molecular complexity index is 604. The van der Waals surface area contributed by atoms with Gasteiger partial charge in [0.25, 0.3) is 5.69 Å². The van der Waals surface area contributed by atoms with Crippen molar-refractivity contribution >= 4 is 34.5 Å². The second-order valence-electron chi connectivity index (χ2n) is 3.34. The molecule has 2 aromatic rings. The third-order valence-corrected chi connectivity index (χ3v) is 2.93. The second kappa shape index (κ2) is 3.61. The van der Waals surface area contributed by atoms with Gasteiger partial charge in [-0.05, 0) is 6.07 Å². The number of carbonyl (C=O) groups is 1. The lowest BCUT2D eigenvalue weighted by atomic mass is 10.2. The quantitative estimate of drug-likeness (QED) is 0.459. The Kier molecular flexibility index (Phi) is 2.40. The van der Waals surface area contributed by atoms with E-state index in [-0.39, 0.29) is 16.4 Å². The summed E-state index contributed by atoms with van der Waals surface area (Å²) in [6, 6.07) is 4.31. The summed E-state index contributed by atoms with van der Waals surface area (Å²) in [4.78, 5) is 21.0. The Hall–Kier alpha value is -1.88. The molecule has 0 aliphatic rings. The van der Waals surface area contributed by atoms with Crippen LogP contribution in [-0.4, -0.2) is 15.8 Å². The minimum atomic E-state index is -0.505. The first-order chi connectivity index (χ1) is 7.56. The molecule has 82 valence electrons. The number of hydrogen-bond acceptors (Lipinski definition) is 3. The van der Waals surface area contributed by atoms with E-state index in [2.05, 4.69) is 0 Å². The maximum atomic E-state index is 10.9. The van der Waals surface area contributed by atoms with Crippen LogP contribution in [0.4, 0.5) is 5.69 Å². The number of benzene rings is 1. The number of nitro benzene ring substituents is 1. The first-order valence-electron chi connectivity index (χ1n) is 4.43. The third kappa shape index (κ3) is 1.37. The highest BCUT2D eigenvalue weighted by Crippen LogP contribution is 2.30. The van der Waals surface area contributed by atoms with Crippen LogP contribution in [0.25, 0.3) is 10.9 Å². The molecule has 2 rings (SSSR count). The number of aldehydes is 1. The van der Waals surface area contributed by atoms with E-state index in [1.54, 1.807) is 17.7 Å². The van der Waals surface area contributed by atoms with Gasteiger partial charge in [-0.25, -0.2) is 0 Å². The molecule has 6 heteroatoms. The number of nitro groups is 1. The van der Waals surface area contributed by atoms with Gasteiger partial charge in [-0.1, -0.05) is 11.6 Å². The zero-order chi connectivity index (χ0) is 11.9. The first-order valence-corrected chi connectivity index (χ1v) is 4.81. The molecule has 1 heterocycles. The summed E-state index contributed by atoms with van der Waals surface area (Å²) in [5, 5.41) is 11.4. The maximum Gasteiger partial charge on any atom is 0.270 e. The number of non-ortho nitro benzene ring substituents is 1. The molecule has 0 saturated carbocycles. The minimum Gasteiger partial charge on any atom is -0.334 e. The van der Waals surface area contributed by atoms with Gasteiger partial charge >= 0.3 is 0 Å². The van der Waals surface area contributed by atoms with E-state index in [1.807, 2.05) is 0 Å². The topological polar surface area (TPSA) is 65.1 Å². The van der Waals surface area contributed by atoms with Gasteiger partial charge in [0.1, 0.15) is 5.15 Å². The Balaban J connectivity index is 2.86. The van der Waals surface area contributed by atoms with Gasteiger partial charge in [-0.15, -0.1) is 0 Å². The monoisotopic (exact) mass is 238 g/mol. The zero-order valence-corrected chi connectivity index (χ0v) is 9.06. The highest BCUT2D eigenvalue weighted by Gasteiger charge is 2.16. The van der Waals surface area contributed by atoms with Crippen molar-refractivity contribution < 1.29 is 9.72 Å². The molecule has 0 N–H and O–H groups in total. The molecule has 0 unspecified atom stereocenters. The largest absolute Gasteiger partial charge is 0.334 e. The van der Waals surface area contributed by atoms with Crippen LogP contribution >= 0.6 is 11.6 Å². The van der Waals surface area contributed by atoms with Crippen LogP contribution in [0, 0.1) is 10.1 Å². The minimum absolute atomic E-state index is 0.0575. The van der Waals surface area contributed by atoms with Crippen molar-refractivity contribution in [2.24, 2.45) is 7.05 Å². The van der Waals surface area contributed by atoms with Crippen LogP contribution in [0.15, 0.2) is 18.2 Å². The third-order valence-electron chi connectivity index (χ3n) is 2.48. The molecule has 0 amide bonds. The Labute approximate surface area is 95.4 Å². The zero-order valence-electron chi connectivity index (χ0n) is 8.31. The van der Waals surface area contributed by atoms with E-state index in [0.717, 1.165) is 0 Å². The van der Waals surface area contributed by atoms with Gasteiger partial charge < -0.3 is 4.57 Å². The SMILES string of the molecule is Cn1c(Cl)c(C=O)c2cc([N+](=O)[O-])ccc21. The van der Waals surface area contributed by atoms with E-state index < -0.39 is 4.92 Å². The van der Waals surface area contributed by atoms with Crippen LogP contribution in [0.3, 0.4) is 0 Å². The van der Waals surface area contributed by atoms with Crippen molar-refractivity contribution in [2.75, 3.05) is 0 Å². The predicted octanol–water partition coefficient (Wildman–Crippen LogP) is 2.55. The molecule has 16 heavy (non-hydrogen) atoms. The number of rotatable bonds is 2. The average molecular weight is 239 g/mol. The molecule has 0 fully saturated rings. The molecule has 0 spiro atoms. The van der Waals surface area contributed by atoms with Crippen LogP contribution in [0.1, 0.15) is 10.4 Å². The molecule has 0 bridgehead atoms. The summed E-state index contributed by atoms with van der Waals surface area (Å²) >= 11 is 5.93. The first kappa shape index (κ1) is 10.6. The standard InChI is InChI=1S/C10H7ClN2O3/c1-12-9-3-2-6(13(15)16)4-7(9)8(5-14)10(12)11/h2-5H,1H3. The van der Waals surface area contributed by atoms with Crippen molar-refractivity contribution in [1.29, 1.82) is 0 Å². The fourth-order valence-electron chi connectivity index (χ4n) is 1.66. The smallest absolute Gasteiger partial charge is 0.270 e. The molecule has 1 aromatic heterocycles. The highest BCUT2D eigenvalue weighted by molar-refractivity contribution is 6.34. The van der Waals surface area contributed by atoms with Gasteiger partial charge in [-0.2, -0.15) is 0 Å². The normalized spacial score (nSPS) is 10.6. The molecule has 1 aromatic carbocycles. The lowest BCUT2D eigenvalue weighted by Crippen LogP contribution is -1.88. The predicted molar refractivity (Wildman–Crippen MR) is 60.0 cm³/mol. The Morgan fingerprint density at radius 2 is 2.19 bits per heavy atom. The van der Waals surface area contributed by atoms with Crippen LogP contribution in [-0.2, 0) is 7.05 Å². The van der Waals surface area contributed by atoms with Gasteiger partial charge in [0, 0.05) is 24.6 Å². The Morgan fingerprint density at radius 3 is 2.75 bits per heavy atom. The van der Waals surface area contributed by atoms with Crippen LogP contribution < -0.4 is 0 Å². The number of nitrogens with zero attached hydrogens (tertiary/aromatic N) is 2. The number of halogens is 1. The van der Waals surface area contributed by atoms with Gasteiger partial charge in [0.2, 0.25) is 0 Å². The molecule has 0 atom stereocenters. The van der Waals surface area contributed by atoms with Crippen molar-refractivity contribution in [3.63, 3.8) is 0 Å². The lowest BCUT2D eigenvalue weighted by molar-refractivity contribution is -0.384. The van der Waals surface area contributed by atoms with E-state index in [1.165, 1.54) is 12.1 Å². The summed E-state index contributed by atoms with van der Waals surface area (Å²) in [7, 11) is 1.70. The van der Waals surface area contributed by atoms with E-state index in [0.29, 0.717) is 17.2 Å². The molecular formula is C10H7ClN2O3. The number of carbonyl (C=O) groups excluding carboxylic acids is 1. The van der Waals surface area contributed by atoms with Gasteiger partial charge in [0.05, 0.1) is 16.0 Å². The van der Waals surface area contributed by atoms with Crippen molar-refractivity contribution in [2.45, 2.75) is 0 Å². The van der Waals surface area contributed by atoms with E-state index in [9.17, 15) is 14.9 Å². The molecular weight excluding hydrogens is 232 g/mol. The second-order valence-corrected chi connectivity index (χ2v) is 3.70. The van der Waals surface area contributed by atoms with Gasteiger partial charge in [-0.3, -0.25) is 14.9 Å². The average Bonchev–Trinajstić information content (AvgIpc) is 2.51. The summed E-state index contributed by atoms with van der Waals surface area (Å²) in [5.74, 6) is 0. The van der Waals surface area contributed by atoms with Gasteiger partial charge in [0.15, 0.2) is 6.29 Å². The number of fused-ring (bicyclic) bond motifs is 1. The van der Waals surface area contributed by atoms with Crippen molar-refractivity contribution in [3.05, 3.63) is 39.0 Å². The van der Waals surface area contributed by atoms with E-state index >= 15 is 0 Å². The van der Waals surface area contributed by atoms with Crippen molar-refractivity contribution in [1.82, 2.24) is 4.57 Å². The fraction of sp³-hybridized carbons (Fsp3) is 0.100. The van der Waals surface area contributed by atoms with Crippen molar-refractivity contribution in [3.8, 4) is 0 Å². The highest BCUT2D eigenvalue weighted by atomic mass is 35.5. The summed E-state index contributed by atoms with van der Waals surface area (Å²) in [6.45, 7) is 0. The summed E-state index contributed by atoms with van der Waals surface area (Å²) in [5.41, 5.74) is 0.915. The maximum absolute atomic E-state index is 10.9. The summed E-state index contributed by atoms with van der Waals surface area (Å²) < 4.78 is 1.62. The molecule has 0 aliphatic carbocycles. The number of aryl methyl sites for hydroxylation is 1. The van der Waals surface area contributed by atoms with Crippen LogP contribution in [0.5, 0.6) is 0 Å². The lowest BCUT2D eigenvalue weighted by Gasteiger charge is -1.96. The van der Waals surface area contributed by atoms with Crippen LogP contribution in [0.2, 0.25) is 5.15 Å². The molecule has 5 nitrogen and oxygen atoms in total. The Morgan fingerprint density at radius 1 is 1.50 bits per heavy atom. The number of aromatic nitrogens is 1. The number of hydrogen-bond donors (Lipinski definition) is 0. The van der Waals surface area contributed by atoms with E-state index in [4.69, 9.17) is 11.6 Å². The molecule has 0 radical (unpaired) electrons. The summed E-state index contributed by atoms with van der Waals surface area (Å²) in [6.07, 6.45) is 0.606. The molecule has 0 aliphatic heterocycles.